The fraction of sp³-hybridized carbons (Fsp3) is 0.174. The van der Waals surface area contributed by atoms with E-state index in [0.717, 1.165) is 34.3 Å². The molecule has 0 N–H and O–H groups in total. The molecule has 267 valence electrons. The number of anilines is 4. The molecule has 7 aromatic rings. The number of aromatic nitrogens is 3. The van der Waals surface area contributed by atoms with Crippen molar-refractivity contribution in [2.45, 2.75) is 53.4 Å². The van der Waals surface area contributed by atoms with E-state index in [0.29, 0.717) is 11.8 Å². The van der Waals surface area contributed by atoms with Crippen LogP contribution in [0.4, 0.5) is 22.9 Å². The third-order valence-corrected chi connectivity index (χ3v) is 9.71. The molecule has 1 aliphatic rings. The van der Waals surface area contributed by atoms with E-state index in [1.165, 1.54) is 33.4 Å². The van der Waals surface area contributed by atoms with Gasteiger partial charge in [-0.3, -0.25) is 4.98 Å². The van der Waals surface area contributed by atoms with Gasteiger partial charge < -0.3 is 14.2 Å². The molecule has 53 heavy (non-hydrogen) atoms. The minimum atomic E-state index is -0.0397. The minimum absolute atomic E-state index is 0. The van der Waals surface area contributed by atoms with Gasteiger partial charge in [0.2, 0.25) is 0 Å². The summed E-state index contributed by atoms with van der Waals surface area (Å²) in [5, 5.41) is 0. The summed E-state index contributed by atoms with van der Waals surface area (Å²) in [6.45, 7) is 13.3. The number of nitrogens with zero attached hydrogens (tertiary/aromatic N) is 5. The molecule has 2 aromatic heterocycles. The molecule has 8 rings (SSSR count). The van der Waals surface area contributed by atoms with Crippen LogP contribution in [-0.4, -0.2) is 21.5 Å². The number of hydrogen-bond acceptors (Lipinski definition) is 4. The molecular formula is C46H44BIrN5-2. The first-order valence-corrected chi connectivity index (χ1v) is 18.1. The fourth-order valence-electron chi connectivity index (χ4n) is 7.28. The number of benzene rings is 5. The number of imidazole rings is 1. The summed E-state index contributed by atoms with van der Waals surface area (Å²) in [6.07, 6.45) is 5.78. The molecular weight excluding hydrogens is 826 g/mol. The number of pyridine rings is 1. The number of fused-ring (bicyclic) bond motifs is 1. The topological polar surface area (TPSA) is 37.2 Å². The Hall–Kier alpha value is -5.23. The maximum Gasteiger partial charge on any atom is 0.409 e. The molecule has 0 amide bonds. The van der Waals surface area contributed by atoms with Crippen molar-refractivity contribution in [3.05, 3.63) is 180 Å². The summed E-state index contributed by atoms with van der Waals surface area (Å²) in [5.41, 5.74) is 12.2. The van der Waals surface area contributed by atoms with E-state index in [4.69, 9.17) is 4.98 Å². The van der Waals surface area contributed by atoms with E-state index in [-0.39, 0.29) is 27.1 Å². The predicted octanol–water partition coefficient (Wildman–Crippen LogP) is 10.8. The normalized spacial score (nSPS) is 12.0. The van der Waals surface area contributed by atoms with Crippen molar-refractivity contribution >= 4 is 35.3 Å². The van der Waals surface area contributed by atoms with E-state index >= 15 is 0 Å². The van der Waals surface area contributed by atoms with Crippen LogP contribution < -0.4 is 15.1 Å². The Labute approximate surface area is 328 Å². The first kappa shape index (κ1) is 37.5. The van der Waals surface area contributed by atoms with E-state index in [2.05, 4.69) is 170 Å². The van der Waals surface area contributed by atoms with Crippen LogP contribution in [0.2, 0.25) is 0 Å². The molecule has 0 saturated carbocycles. The molecule has 0 unspecified atom stereocenters. The van der Waals surface area contributed by atoms with Crippen LogP contribution in [0.5, 0.6) is 0 Å². The third kappa shape index (κ3) is 7.51. The molecule has 0 atom stereocenters. The van der Waals surface area contributed by atoms with Gasteiger partial charge in [-0.1, -0.05) is 111 Å². The summed E-state index contributed by atoms with van der Waals surface area (Å²) in [6, 6.07) is 50.7. The van der Waals surface area contributed by atoms with Crippen LogP contribution in [0.1, 0.15) is 61.8 Å². The van der Waals surface area contributed by atoms with Gasteiger partial charge in [0, 0.05) is 50.1 Å². The number of para-hydroxylation sites is 3. The number of aryl methyl sites for hydroxylation is 2. The SMILES string of the molecule is CC(C)c1cccc(C(C)C)c1-n1ccnc1-c1[c-]cccc1.Cc1cccc(C)c1B1N(c2ccccn2)c2[c-]cccc2N1c1ccccc1.[Ir]. The van der Waals surface area contributed by atoms with E-state index in [1.807, 2.05) is 48.8 Å². The van der Waals surface area contributed by atoms with Gasteiger partial charge in [-0.15, -0.1) is 42.0 Å². The van der Waals surface area contributed by atoms with E-state index < -0.39 is 0 Å². The summed E-state index contributed by atoms with van der Waals surface area (Å²) in [5.74, 6) is 2.78. The fourth-order valence-corrected chi connectivity index (χ4v) is 7.28. The summed E-state index contributed by atoms with van der Waals surface area (Å²) >= 11 is 0. The molecule has 3 heterocycles. The molecule has 5 nitrogen and oxygen atoms in total. The Morgan fingerprint density at radius 1 is 0.604 bits per heavy atom. The van der Waals surface area contributed by atoms with Crippen molar-refractivity contribution in [3.8, 4) is 17.1 Å². The van der Waals surface area contributed by atoms with Gasteiger partial charge in [0.15, 0.2) is 0 Å². The second kappa shape index (κ2) is 16.6. The van der Waals surface area contributed by atoms with Crippen molar-refractivity contribution < 1.29 is 20.1 Å². The van der Waals surface area contributed by atoms with Crippen LogP contribution >= 0.6 is 0 Å². The zero-order chi connectivity index (χ0) is 36.2. The maximum atomic E-state index is 4.70. The molecule has 0 bridgehead atoms. The van der Waals surface area contributed by atoms with Crippen molar-refractivity contribution in [1.82, 2.24) is 14.5 Å². The van der Waals surface area contributed by atoms with Crippen LogP contribution in [-0.2, 0) is 20.1 Å². The first-order chi connectivity index (χ1) is 25.3. The smallest absolute Gasteiger partial charge is 0.409 e. The van der Waals surface area contributed by atoms with E-state index in [1.54, 1.807) is 0 Å². The standard InChI is InChI=1S/C25H21BN3.C21H23N2.Ir/c1-19-11-10-12-20(2)25(19)26-28(21-13-4-3-5-14-21)22-15-6-7-16-23(22)29(26)24-17-8-9-18-27-24;1-15(2)18-11-8-12-19(16(3)4)20(18)23-14-13-22-21(23)17-9-6-5-7-10-17;/h3-15,17-18H,1-2H3;5-9,11-16H,1-4H3;/q2*-1;. The second-order valence-electron chi connectivity index (χ2n) is 13.8. The third-order valence-electron chi connectivity index (χ3n) is 9.71. The van der Waals surface area contributed by atoms with Crippen LogP contribution in [0.3, 0.4) is 0 Å². The Bertz CT molecular complexity index is 2140. The molecule has 1 radical (unpaired) electrons. The van der Waals surface area contributed by atoms with Gasteiger partial charge in [-0.25, -0.2) is 4.98 Å². The summed E-state index contributed by atoms with van der Waals surface area (Å²) in [7, 11) is 0. The monoisotopic (exact) mass is 870 g/mol. The summed E-state index contributed by atoms with van der Waals surface area (Å²) < 4.78 is 2.22. The van der Waals surface area contributed by atoms with Gasteiger partial charge in [-0.2, -0.15) is 18.2 Å². The number of hydrogen-bond donors (Lipinski definition) is 0. The second-order valence-corrected chi connectivity index (χ2v) is 13.8. The minimum Gasteiger partial charge on any atom is -0.415 e. The van der Waals surface area contributed by atoms with Crippen molar-refractivity contribution in [1.29, 1.82) is 0 Å². The van der Waals surface area contributed by atoms with Gasteiger partial charge in [0.25, 0.3) is 0 Å². The Morgan fingerprint density at radius 2 is 1.26 bits per heavy atom. The number of rotatable bonds is 7. The quantitative estimate of drug-likeness (QED) is 0.118. The predicted molar refractivity (Wildman–Crippen MR) is 218 cm³/mol. The zero-order valence-electron chi connectivity index (χ0n) is 31.2. The Morgan fingerprint density at radius 3 is 1.91 bits per heavy atom. The molecule has 0 aliphatic carbocycles. The van der Waals surface area contributed by atoms with Crippen LogP contribution in [0, 0.1) is 26.0 Å². The average Bonchev–Trinajstić information content (AvgIpc) is 3.79. The largest absolute Gasteiger partial charge is 0.415 e. The van der Waals surface area contributed by atoms with Crippen LogP contribution in [0.15, 0.2) is 146 Å². The molecule has 5 aromatic carbocycles. The molecule has 7 heteroatoms. The zero-order valence-corrected chi connectivity index (χ0v) is 33.6. The van der Waals surface area contributed by atoms with Crippen molar-refractivity contribution in [2.24, 2.45) is 0 Å². The van der Waals surface area contributed by atoms with Gasteiger partial charge in [-0.05, 0) is 66.5 Å². The molecule has 0 saturated heterocycles. The van der Waals surface area contributed by atoms with Gasteiger partial charge in [0.05, 0.1) is 5.82 Å². The van der Waals surface area contributed by atoms with Crippen molar-refractivity contribution in [2.75, 3.05) is 9.62 Å². The van der Waals surface area contributed by atoms with Gasteiger partial charge >= 0.3 is 6.98 Å². The molecule has 0 spiro atoms. The molecule has 0 fully saturated rings. The summed E-state index contributed by atoms with van der Waals surface area (Å²) in [4.78, 5) is 14.0. The first-order valence-electron chi connectivity index (χ1n) is 18.1. The van der Waals surface area contributed by atoms with Crippen LogP contribution in [0.25, 0.3) is 17.1 Å². The Kier molecular flexibility index (Phi) is 11.8. The maximum absolute atomic E-state index is 4.70. The Balaban J connectivity index is 0.000000183. The van der Waals surface area contributed by atoms with Crippen molar-refractivity contribution in [3.63, 3.8) is 0 Å². The van der Waals surface area contributed by atoms with Gasteiger partial charge in [0.1, 0.15) is 5.82 Å². The average molecular weight is 870 g/mol. The van der Waals surface area contributed by atoms with E-state index in [9.17, 15) is 0 Å². The molecule has 1 aliphatic heterocycles.